The zero-order valence-corrected chi connectivity index (χ0v) is 12.2. The molecule has 0 spiro atoms. The van der Waals surface area contributed by atoms with Crippen molar-refractivity contribution in [2.75, 3.05) is 12.3 Å². The van der Waals surface area contributed by atoms with E-state index in [4.69, 9.17) is 10.5 Å². The van der Waals surface area contributed by atoms with Crippen LogP contribution in [0.2, 0.25) is 0 Å². The smallest absolute Gasteiger partial charge is 0.258 e. The van der Waals surface area contributed by atoms with Gasteiger partial charge in [-0.25, -0.2) is 4.98 Å². The van der Waals surface area contributed by atoms with Gasteiger partial charge in [0.15, 0.2) is 6.61 Å². The fourth-order valence-corrected chi connectivity index (χ4v) is 2.44. The molecule has 0 bridgehead atoms. The summed E-state index contributed by atoms with van der Waals surface area (Å²) in [6.45, 7) is 3.73. The number of para-hydroxylation sites is 2. The van der Waals surface area contributed by atoms with Crippen molar-refractivity contribution in [2.45, 2.75) is 19.4 Å². The lowest BCUT2D eigenvalue weighted by Gasteiger charge is -2.23. The summed E-state index contributed by atoms with van der Waals surface area (Å²) in [4.78, 5) is 16.2. The first-order valence-corrected chi connectivity index (χ1v) is 7.05. The number of rotatable bonds is 5. The number of benzene rings is 1. The third-order valence-corrected chi connectivity index (χ3v) is 3.79. The SMILES string of the molecule is CC(C)(NC(=O)COc1ccccc1N)c1nccs1. The van der Waals surface area contributed by atoms with Crippen LogP contribution in [0.5, 0.6) is 5.75 Å². The molecule has 20 heavy (non-hydrogen) atoms. The fourth-order valence-electron chi connectivity index (χ4n) is 1.73. The number of carbonyl (C=O) groups is 1. The third kappa shape index (κ3) is 3.48. The molecule has 1 aromatic heterocycles. The van der Waals surface area contributed by atoms with Crippen LogP contribution in [0.15, 0.2) is 35.8 Å². The molecule has 0 aliphatic carbocycles. The van der Waals surface area contributed by atoms with Gasteiger partial charge in [0.05, 0.1) is 11.2 Å². The molecule has 0 saturated carbocycles. The van der Waals surface area contributed by atoms with Gasteiger partial charge in [-0.15, -0.1) is 11.3 Å². The number of carbonyl (C=O) groups excluding carboxylic acids is 1. The van der Waals surface area contributed by atoms with Crippen LogP contribution in [0.1, 0.15) is 18.9 Å². The maximum atomic E-state index is 11.9. The van der Waals surface area contributed by atoms with Crippen molar-refractivity contribution in [3.63, 3.8) is 0 Å². The van der Waals surface area contributed by atoms with Gasteiger partial charge in [0, 0.05) is 11.6 Å². The Hall–Kier alpha value is -2.08. The first kappa shape index (κ1) is 14.3. The number of ether oxygens (including phenoxy) is 1. The molecule has 0 saturated heterocycles. The molecule has 0 radical (unpaired) electrons. The molecule has 5 nitrogen and oxygen atoms in total. The molecule has 0 aliphatic rings. The van der Waals surface area contributed by atoms with Gasteiger partial charge in [-0.1, -0.05) is 12.1 Å². The van der Waals surface area contributed by atoms with E-state index in [2.05, 4.69) is 10.3 Å². The van der Waals surface area contributed by atoms with Gasteiger partial charge in [0.2, 0.25) is 0 Å². The Balaban J connectivity index is 1.92. The van der Waals surface area contributed by atoms with Gasteiger partial charge in [0.1, 0.15) is 10.8 Å². The summed E-state index contributed by atoms with van der Waals surface area (Å²) in [5, 5.41) is 5.62. The monoisotopic (exact) mass is 291 g/mol. The zero-order valence-electron chi connectivity index (χ0n) is 11.4. The first-order valence-electron chi connectivity index (χ1n) is 6.17. The van der Waals surface area contributed by atoms with Crippen LogP contribution in [-0.2, 0) is 10.3 Å². The zero-order chi connectivity index (χ0) is 14.6. The first-order chi connectivity index (χ1) is 9.49. The average Bonchev–Trinajstić information content (AvgIpc) is 2.92. The van der Waals surface area contributed by atoms with Crippen LogP contribution >= 0.6 is 11.3 Å². The van der Waals surface area contributed by atoms with Gasteiger partial charge in [-0.05, 0) is 26.0 Å². The van der Waals surface area contributed by atoms with Gasteiger partial charge in [-0.3, -0.25) is 4.79 Å². The highest BCUT2D eigenvalue weighted by Crippen LogP contribution is 2.22. The van der Waals surface area contributed by atoms with E-state index in [9.17, 15) is 4.79 Å². The Morgan fingerprint density at radius 3 is 2.85 bits per heavy atom. The topological polar surface area (TPSA) is 77.2 Å². The van der Waals surface area contributed by atoms with E-state index in [0.29, 0.717) is 11.4 Å². The molecule has 1 amide bonds. The van der Waals surface area contributed by atoms with Crippen molar-refractivity contribution >= 4 is 22.9 Å². The van der Waals surface area contributed by atoms with Crippen LogP contribution in [0.3, 0.4) is 0 Å². The summed E-state index contributed by atoms with van der Waals surface area (Å²) in [6, 6.07) is 7.08. The summed E-state index contributed by atoms with van der Waals surface area (Å²) in [5.41, 5.74) is 5.74. The van der Waals surface area contributed by atoms with Gasteiger partial charge < -0.3 is 15.8 Å². The molecule has 0 unspecified atom stereocenters. The van der Waals surface area contributed by atoms with E-state index in [-0.39, 0.29) is 12.5 Å². The van der Waals surface area contributed by atoms with E-state index >= 15 is 0 Å². The number of nitrogens with two attached hydrogens (primary N) is 1. The largest absolute Gasteiger partial charge is 0.482 e. The normalized spacial score (nSPS) is 11.1. The number of thiazole rings is 1. The maximum Gasteiger partial charge on any atom is 0.258 e. The number of amides is 1. The van der Waals surface area contributed by atoms with E-state index in [1.165, 1.54) is 11.3 Å². The van der Waals surface area contributed by atoms with Gasteiger partial charge >= 0.3 is 0 Å². The number of aromatic nitrogens is 1. The Morgan fingerprint density at radius 1 is 1.45 bits per heavy atom. The highest BCUT2D eigenvalue weighted by molar-refractivity contribution is 7.09. The Kier molecular flexibility index (Phi) is 4.24. The molecule has 6 heteroatoms. The average molecular weight is 291 g/mol. The van der Waals surface area contributed by atoms with Crippen LogP contribution in [0, 0.1) is 0 Å². The fraction of sp³-hybridized carbons (Fsp3) is 0.286. The van der Waals surface area contributed by atoms with Crippen LogP contribution in [0.25, 0.3) is 0 Å². The number of hydrogen-bond donors (Lipinski definition) is 2. The van der Waals surface area contributed by atoms with Crippen LogP contribution in [0.4, 0.5) is 5.69 Å². The van der Waals surface area contributed by atoms with Gasteiger partial charge in [0.25, 0.3) is 5.91 Å². The predicted molar refractivity (Wildman–Crippen MR) is 79.6 cm³/mol. The summed E-state index contributed by atoms with van der Waals surface area (Å²) in [6.07, 6.45) is 1.72. The minimum atomic E-state index is -0.517. The summed E-state index contributed by atoms with van der Waals surface area (Å²) >= 11 is 1.50. The highest BCUT2D eigenvalue weighted by atomic mass is 32.1. The lowest BCUT2D eigenvalue weighted by atomic mass is 10.1. The second-order valence-electron chi connectivity index (χ2n) is 4.84. The van der Waals surface area contributed by atoms with Crippen molar-refractivity contribution in [2.24, 2.45) is 0 Å². The number of anilines is 1. The van der Waals surface area contributed by atoms with Crippen molar-refractivity contribution < 1.29 is 9.53 Å². The molecule has 1 heterocycles. The molecular formula is C14H17N3O2S. The predicted octanol–water partition coefficient (Wildman–Crippen LogP) is 2.16. The number of nitrogens with one attached hydrogen (secondary N) is 1. The molecule has 2 aromatic rings. The van der Waals surface area contributed by atoms with Crippen molar-refractivity contribution in [1.82, 2.24) is 10.3 Å². The maximum absolute atomic E-state index is 11.9. The molecule has 1 aromatic carbocycles. The van der Waals surface area contributed by atoms with E-state index in [1.54, 1.807) is 18.3 Å². The van der Waals surface area contributed by atoms with Crippen molar-refractivity contribution in [1.29, 1.82) is 0 Å². The standard InChI is InChI=1S/C14H17N3O2S/c1-14(2,13-16-7-8-20-13)17-12(18)9-19-11-6-4-3-5-10(11)15/h3-8H,9,15H2,1-2H3,(H,17,18). The second kappa shape index (κ2) is 5.92. The second-order valence-corrected chi connectivity index (χ2v) is 5.73. The summed E-state index contributed by atoms with van der Waals surface area (Å²) in [7, 11) is 0. The summed E-state index contributed by atoms with van der Waals surface area (Å²) in [5.74, 6) is 0.295. The van der Waals surface area contributed by atoms with Crippen LogP contribution < -0.4 is 15.8 Å². The lowest BCUT2D eigenvalue weighted by Crippen LogP contribution is -2.43. The Bertz CT molecular complexity index is 582. The lowest BCUT2D eigenvalue weighted by molar-refractivity contribution is -0.124. The Morgan fingerprint density at radius 2 is 2.20 bits per heavy atom. The van der Waals surface area contributed by atoms with Crippen molar-refractivity contribution in [3.05, 3.63) is 40.8 Å². The van der Waals surface area contributed by atoms with E-state index in [0.717, 1.165) is 5.01 Å². The van der Waals surface area contributed by atoms with Crippen LogP contribution in [-0.4, -0.2) is 17.5 Å². The highest BCUT2D eigenvalue weighted by Gasteiger charge is 2.25. The summed E-state index contributed by atoms with van der Waals surface area (Å²) < 4.78 is 5.41. The number of hydrogen-bond acceptors (Lipinski definition) is 5. The molecular weight excluding hydrogens is 274 g/mol. The minimum Gasteiger partial charge on any atom is -0.482 e. The molecule has 0 aliphatic heterocycles. The van der Waals surface area contributed by atoms with Crippen molar-refractivity contribution in [3.8, 4) is 5.75 Å². The minimum absolute atomic E-state index is 0.0803. The molecule has 106 valence electrons. The third-order valence-electron chi connectivity index (χ3n) is 2.70. The molecule has 3 N–H and O–H groups in total. The number of nitrogen functional groups attached to an aromatic ring is 1. The molecule has 2 rings (SSSR count). The van der Waals surface area contributed by atoms with Gasteiger partial charge in [-0.2, -0.15) is 0 Å². The van der Waals surface area contributed by atoms with E-state index in [1.807, 2.05) is 31.4 Å². The Labute approximate surface area is 121 Å². The molecule has 0 atom stereocenters. The molecule has 0 fully saturated rings. The van der Waals surface area contributed by atoms with E-state index < -0.39 is 5.54 Å². The number of nitrogens with zero attached hydrogens (tertiary/aromatic N) is 1. The quantitative estimate of drug-likeness (QED) is 0.828.